The van der Waals surface area contributed by atoms with Crippen LogP contribution in [0, 0.1) is 5.92 Å². The van der Waals surface area contributed by atoms with Gasteiger partial charge in [0.15, 0.2) is 0 Å². The van der Waals surface area contributed by atoms with Gasteiger partial charge in [-0.1, -0.05) is 19.3 Å². The number of hydrogen-bond donors (Lipinski definition) is 1. The molecule has 2 aliphatic rings. The van der Waals surface area contributed by atoms with E-state index in [1.165, 1.54) is 32.1 Å². The molecule has 0 aromatic carbocycles. The number of nitrogens with one attached hydrogen (secondary N) is 1. The van der Waals surface area contributed by atoms with Crippen molar-refractivity contribution in [3.63, 3.8) is 0 Å². The fourth-order valence-electron chi connectivity index (χ4n) is 2.59. The molecule has 1 amide bonds. The Kier molecular flexibility index (Phi) is 6.14. The zero-order chi connectivity index (χ0) is 10.5. The monoisotopic (exact) mass is 246 g/mol. The molecule has 0 unspecified atom stereocenters. The SMILES string of the molecule is Cl.O=C([C@@H]1CCNC1)N1CCCCCCC1. The molecule has 2 fully saturated rings. The lowest BCUT2D eigenvalue weighted by Crippen LogP contribution is -2.38. The molecule has 1 N–H and O–H groups in total. The molecule has 2 aliphatic heterocycles. The van der Waals surface area contributed by atoms with Gasteiger partial charge in [-0.05, 0) is 25.8 Å². The van der Waals surface area contributed by atoms with Gasteiger partial charge in [0.25, 0.3) is 0 Å². The first-order valence-corrected chi connectivity index (χ1v) is 6.37. The third-order valence-corrected chi connectivity index (χ3v) is 3.58. The van der Waals surface area contributed by atoms with Crippen LogP contribution in [0.2, 0.25) is 0 Å². The molecule has 0 aromatic rings. The fraction of sp³-hybridized carbons (Fsp3) is 0.917. The molecule has 0 aromatic heterocycles. The summed E-state index contributed by atoms with van der Waals surface area (Å²) in [5.41, 5.74) is 0. The molecule has 4 heteroatoms. The van der Waals surface area contributed by atoms with E-state index in [4.69, 9.17) is 0 Å². The van der Waals surface area contributed by atoms with Crippen LogP contribution in [0.25, 0.3) is 0 Å². The Bertz CT molecular complexity index is 209. The predicted molar refractivity (Wildman–Crippen MR) is 67.9 cm³/mol. The number of nitrogens with zero attached hydrogens (tertiary/aromatic N) is 1. The quantitative estimate of drug-likeness (QED) is 0.766. The van der Waals surface area contributed by atoms with Crippen molar-refractivity contribution < 1.29 is 4.79 Å². The van der Waals surface area contributed by atoms with E-state index in [0.29, 0.717) is 5.91 Å². The van der Waals surface area contributed by atoms with E-state index in [0.717, 1.165) is 32.6 Å². The van der Waals surface area contributed by atoms with Crippen LogP contribution in [0.5, 0.6) is 0 Å². The van der Waals surface area contributed by atoms with Crippen LogP contribution >= 0.6 is 12.4 Å². The standard InChI is InChI=1S/C12H22N2O.ClH/c15-12(11-6-7-13-10-11)14-8-4-2-1-3-5-9-14;/h11,13H,1-10H2;1H/t11-;/m1./s1. The van der Waals surface area contributed by atoms with Crippen LogP contribution < -0.4 is 5.32 Å². The first-order chi connectivity index (χ1) is 7.38. The zero-order valence-electron chi connectivity index (χ0n) is 9.91. The molecule has 0 saturated carbocycles. The van der Waals surface area contributed by atoms with Gasteiger partial charge in [0.1, 0.15) is 0 Å². The van der Waals surface area contributed by atoms with E-state index in [-0.39, 0.29) is 18.3 Å². The van der Waals surface area contributed by atoms with Crippen LogP contribution in [-0.4, -0.2) is 37.0 Å². The Morgan fingerprint density at radius 2 is 1.69 bits per heavy atom. The van der Waals surface area contributed by atoms with Gasteiger partial charge < -0.3 is 10.2 Å². The summed E-state index contributed by atoms with van der Waals surface area (Å²) < 4.78 is 0. The summed E-state index contributed by atoms with van der Waals surface area (Å²) in [6.07, 6.45) is 7.39. The second kappa shape index (κ2) is 7.13. The van der Waals surface area contributed by atoms with E-state index in [1.54, 1.807) is 0 Å². The molecule has 2 saturated heterocycles. The summed E-state index contributed by atoms with van der Waals surface area (Å²) in [6, 6.07) is 0. The smallest absolute Gasteiger partial charge is 0.227 e. The van der Waals surface area contributed by atoms with Crippen molar-refractivity contribution in [1.82, 2.24) is 10.2 Å². The van der Waals surface area contributed by atoms with Gasteiger partial charge in [0.05, 0.1) is 5.92 Å². The second-order valence-corrected chi connectivity index (χ2v) is 4.78. The Morgan fingerprint density at radius 1 is 1.06 bits per heavy atom. The number of hydrogen-bond acceptors (Lipinski definition) is 2. The minimum Gasteiger partial charge on any atom is -0.342 e. The summed E-state index contributed by atoms with van der Waals surface area (Å²) in [5, 5.41) is 3.27. The van der Waals surface area contributed by atoms with E-state index in [1.807, 2.05) is 0 Å². The predicted octanol–water partition coefficient (Wildman–Crippen LogP) is 1.81. The molecule has 0 spiro atoms. The van der Waals surface area contributed by atoms with Crippen LogP contribution in [0.4, 0.5) is 0 Å². The first kappa shape index (κ1) is 13.8. The molecule has 2 heterocycles. The number of likely N-dealkylation sites (tertiary alicyclic amines) is 1. The molecule has 2 rings (SSSR count). The molecule has 3 nitrogen and oxygen atoms in total. The van der Waals surface area contributed by atoms with Crippen LogP contribution in [0.3, 0.4) is 0 Å². The van der Waals surface area contributed by atoms with Gasteiger partial charge in [0, 0.05) is 19.6 Å². The van der Waals surface area contributed by atoms with E-state index >= 15 is 0 Å². The Hall–Kier alpha value is -0.280. The summed E-state index contributed by atoms with van der Waals surface area (Å²) in [5.74, 6) is 0.673. The number of rotatable bonds is 1. The molecule has 0 radical (unpaired) electrons. The molecule has 94 valence electrons. The maximum Gasteiger partial charge on any atom is 0.227 e. The van der Waals surface area contributed by atoms with E-state index in [9.17, 15) is 4.79 Å². The number of carbonyl (C=O) groups is 1. The Balaban J connectivity index is 0.00000128. The molecule has 0 aliphatic carbocycles. The highest BCUT2D eigenvalue weighted by Crippen LogP contribution is 2.16. The van der Waals surface area contributed by atoms with Gasteiger partial charge in [-0.2, -0.15) is 0 Å². The fourth-order valence-corrected chi connectivity index (χ4v) is 2.59. The molecular formula is C12H23ClN2O. The van der Waals surface area contributed by atoms with Crippen molar-refractivity contribution in [3.05, 3.63) is 0 Å². The summed E-state index contributed by atoms with van der Waals surface area (Å²) in [6.45, 7) is 3.91. The van der Waals surface area contributed by atoms with Crippen molar-refractivity contribution in [1.29, 1.82) is 0 Å². The molecule has 16 heavy (non-hydrogen) atoms. The zero-order valence-corrected chi connectivity index (χ0v) is 10.7. The van der Waals surface area contributed by atoms with Crippen molar-refractivity contribution in [2.75, 3.05) is 26.2 Å². The minimum absolute atomic E-state index is 0. The van der Waals surface area contributed by atoms with Crippen molar-refractivity contribution in [2.24, 2.45) is 5.92 Å². The van der Waals surface area contributed by atoms with Crippen molar-refractivity contribution >= 4 is 18.3 Å². The average molecular weight is 247 g/mol. The van der Waals surface area contributed by atoms with E-state index < -0.39 is 0 Å². The largest absolute Gasteiger partial charge is 0.342 e. The number of carbonyl (C=O) groups excluding carboxylic acids is 1. The van der Waals surface area contributed by atoms with Crippen LogP contribution in [0.1, 0.15) is 38.5 Å². The van der Waals surface area contributed by atoms with Crippen molar-refractivity contribution in [3.8, 4) is 0 Å². The lowest BCUT2D eigenvalue weighted by Gasteiger charge is -2.27. The van der Waals surface area contributed by atoms with Gasteiger partial charge in [0.2, 0.25) is 5.91 Å². The Labute approximate surface area is 104 Å². The van der Waals surface area contributed by atoms with Crippen molar-refractivity contribution in [2.45, 2.75) is 38.5 Å². The summed E-state index contributed by atoms with van der Waals surface area (Å²) in [4.78, 5) is 14.3. The third kappa shape index (κ3) is 3.63. The van der Waals surface area contributed by atoms with E-state index in [2.05, 4.69) is 10.2 Å². The maximum atomic E-state index is 12.2. The average Bonchev–Trinajstić information content (AvgIpc) is 2.68. The third-order valence-electron chi connectivity index (χ3n) is 3.58. The van der Waals surface area contributed by atoms with Gasteiger partial charge >= 0.3 is 0 Å². The minimum atomic E-state index is 0. The number of amides is 1. The molecule has 0 bridgehead atoms. The highest BCUT2D eigenvalue weighted by Gasteiger charge is 2.26. The second-order valence-electron chi connectivity index (χ2n) is 4.78. The van der Waals surface area contributed by atoms with Gasteiger partial charge in [-0.3, -0.25) is 4.79 Å². The lowest BCUT2D eigenvalue weighted by atomic mass is 10.0. The van der Waals surface area contributed by atoms with Gasteiger partial charge in [-0.25, -0.2) is 0 Å². The summed E-state index contributed by atoms with van der Waals surface area (Å²) in [7, 11) is 0. The highest BCUT2D eigenvalue weighted by molar-refractivity contribution is 5.85. The highest BCUT2D eigenvalue weighted by atomic mass is 35.5. The molecule has 1 atom stereocenters. The normalized spacial score (nSPS) is 26.8. The van der Waals surface area contributed by atoms with Gasteiger partial charge in [-0.15, -0.1) is 12.4 Å². The molecular weight excluding hydrogens is 224 g/mol. The first-order valence-electron chi connectivity index (χ1n) is 6.37. The van der Waals surface area contributed by atoms with Crippen LogP contribution in [0.15, 0.2) is 0 Å². The number of halogens is 1. The lowest BCUT2D eigenvalue weighted by molar-refractivity contribution is -0.135. The summed E-state index contributed by atoms with van der Waals surface area (Å²) >= 11 is 0. The maximum absolute atomic E-state index is 12.2. The topological polar surface area (TPSA) is 32.3 Å². The Morgan fingerprint density at radius 3 is 2.25 bits per heavy atom. The van der Waals surface area contributed by atoms with Crippen LogP contribution in [-0.2, 0) is 4.79 Å².